The third-order valence-corrected chi connectivity index (χ3v) is 2.35. The van der Waals surface area contributed by atoms with E-state index in [1.807, 2.05) is 5.38 Å². The van der Waals surface area contributed by atoms with Gasteiger partial charge in [-0.25, -0.2) is 4.98 Å². The Hall–Kier alpha value is -0.690. The highest BCUT2D eigenvalue weighted by Crippen LogP contribution is 2.13. The second-order valence-electron chi connectivity index (χ2n) is 2.96. The summed E-state index contributed by atoms with van der Waals surface area (Å²) in [5.41, 5.74) is 0. The number of ether oxygens (including phenoxy) is 2. The van der Waals surface area contributed by atoms with Crippen molar-refractivity contribution in [3.63, 3.8) is 0 Å². The van der Waals surface area contributed by atoms with Gasteiger partial charge in [0.2, 0.25) is 0 Å². The molecule has 86 valence electrons. The summed E-state index contributed by atoms with van der Waals surface area (Å²) in [5.74, 6) is 0. The number of hydrogen-bond acceptors (Lipinski definition) is 6. The van der Waals surface area contributed by atoms with E-state index in [9.17, 15) is 5.11 Å². The second-order valence-corrected chi connectivity index (χ2v) is 3.82. The predicted octanol–water partition coefficient (Wildman–Crippen LogP) is 0.119. The lowest BCUT2D eigenvalue weighted by Gasteiger charge is -2.11. The molecular formula is C9H16N2O3S. The maximum absolute atomic E-state index is 9.50. The minimum Gasteiger partial charge on any atom is -0.467 e. The Morgan fingerprint density at radius 1 is 1.67 bits per heavy atom. The van der Waals surface area contributed by atoms with E-state index in [0.717, 1.165) is 6.54 Å². The Labute approximate surface area is 93.1 Å². The first-order valence-electron chi connectivity index (χ1n) is 4.73. The summed E-state index contributed by atoms with van der Waals surface area (Å²) >= 11 is 1.41. The molecule has 2 N–H and O–H groups in total. The zero-order chi connectivity index (χ0) is 10.9. The van der Waals surface area contributed by atoms with Crippen molar-refractivity contribution < 1.29 is 14.6 Å². The van der Waals surface area contributed by atoms with Crippen LogP contribution in [0.2, 0.25) is 0 Å². The first kappa shape index (κ1) is 12.4. The van der Waals surface area contributed by atoms with Crippen molar-refractivity contribution in [2.45, 2.75) is 6.10 Å². The molecule has 6 heteroatoms. The van der Waals surface area contributed by atoms with Crippen LogP contribution in [-0.4, -0.2) is 49.6 Å². The normalized spacial score (nSPS) is 12.7. The Bertz CT molecular complexity index is 244. The molecule has 0 spiro atoms. The topological polar surface area (TPSA) is 63.6 Å². The van der Waals surface area contributed by atoms with Crippen LogP contribution in [0.5, 0.6) is 5.19 Å². The fourth-order valence-electron chi connectivity index (χ4n) is 0.951. The smallest absolute Gasteiger partial charge is 0.273 e. The van der Waals surface area contributed by atoms with Gasteiger partial charge >= 0.3 is 0 Å². The fourth-order valence-corrected chi connectivity index (χ4v) is 1.45. The maximum atomic E-state index is 9.50. The molecule has 1 aromatic rings. The lowest BCUT2D eigenvalue weighted by atomic mass is 10.4. The standard InChI is InChI=1S/C9H16N2O3S/c1-13-4-2-10-6-8(12)7-14-9-11-3-5-15-9/h3,5,8,10,12H,2,4,6-7H2,1H3. The molecule has 0 aliphatic rings. The summed E-state index contributed by atoms with van der Waals surface area (Å²) in [6, 6.07) is 0. The number of hydrogen-bond donors (Lipinski definition) is 2. The van der Waals surface area contributed by atoms with Gasteiger partial charge in [-0.2, -0.15) is 0 Å². The van der Waals surface area contributed by atoms with E-state index in [-0.39, 0.29) is 6.61 Å². The van der Waals surface area contributed by atoms with Crippen LogP contribution in [0.3, 0.4) is 0 Å². The van der Waals surface area contributed by atoms with Crippen LogP contribution in [0.25, 0.3) is 0 Å². The molecule has 0 radical (unpaired) electrons. The van der Waals surface area contributed by atoms with E-state index in [2.05, 4.69) is 10.3 Å². The van der Waals surface area contributed by atoms with Crippen LogP contribution < -0.4 is 10.1 Å². The number of thiazole rings is 1. The molecule has 15 heavy (non-hydrogen) atoms. The first-order valence-corrected chi connectivity index (χ1v) is 5.61. The van der Waals surface area contributed by atoms with Gasteiger partial charge in [0.25, 0.3) is 5.19 Å². The number of aromatic nitrogens is 1. The largest absolute Gasteiger partial charge is 0.467 e. The molecule has 0 bridgehead atoms. The summed E-state index contributed by atoms with van der Waals surface area (Å²) in [4.78, 5) is 3.94. The van der Waals surface area contributed by atoms with Gasteiger partial charge in [-0.1, -0.05) is 11.3 Å². The molecule has 1 unspecified atom stereocenters. The lowest BCUT2D eigenvalue weighted by molar-refractivity contribution is 0.103. The summed E-state index contributed by atoms with van der Waals surface area (Å²) < 4.78 is 10.1. The van der Waals surface area contributed by atoms with Crippen molar-refractivity contribution in [2.75, 3.05) is 33.4 Å². The third kappa shape index (κ3) is 5.68. The molecule has 0 aromatic carbocycles. The first-order chi connectivity index (χ1) is 7.33. The SMILES string of the molecule is COCCNCC(O)COc1nccs1. The van der Waals surface area contributed by atoms with Crippen molar-refractivity contribution in [1.29, 1.82) is 0 Å². The summed E-state index contributed by atoms with van der Waals surface area (Å²) in [7, 11) is 1.64. The molecule has 1 atom stereocenters. The van der Waals surface area contributed by atoms with E-state index in [1.54, 1.807) is 13.3 Å². The second kappa shape index (κ2) is 7.58. The molecule has 5 nitrogen and oxygen atoms in total. The van der Waals surface area contributed by atoms with Crippen LogP contribution in [0.4, 0.5) is 0 Å². The fraction of sp³-hybridized carbons (Fsp3) is 0.667. The molecular weight excluding hydrogens is 216 g/mol. The van der Waals surface area contributed by atoms with Gasteiger partial charge in [0.05, 0.1) is 6.61 Å². The lowest BCUT2D eigenvalue weighted by Crippen LogP contribution is -2.33. The quantitative estimate of drug-likeness (QED) is 0.623. The van der Waals surface area contributed by atoms with Crippen molar-refractivity contribution in [1.82, 2.24) is 10.3 Å². The number of aliphatic hydroxyl groups excluding tert-OH is 1. The number of nitrogens with zero attached hydrogens (tertiary/aromatic N) is 1. The zero-order valence-electron chi connectivity index (χ0n) is 8.68. The zero-order valence-corrected chi connectivity index (χ0v) is 9.50. The van der Waals surface area contributed by atoms with Crippen LogP contribution in [-0.2, 0) is 4.74 Å². The number of methoxy groups -OCH3 is 1. The van der Waals surface area contributed by atoms with E-state index in [4.69, 9.17) is 9.47 Å². The molecule has 0 aliphatic carbocycles. The Morgan fingerprint density at radius 2 is 2.53 bits per heavy atom. The molecule has 0 fully saturated rings. The molecule has 0 amide bonds. The molecule has 0 saturated heterocycles. The van der Waals surface area contributed by atoms with Gasteiger partial charge in [-0.3, -0.25) is 0 Å². The average Bonchev–Trinajstić information content (AvgIpc) is 2.74. The Balaban J connectivity index is 2.01. The van der Waals surface area contributed by atoms with Crippen molar-refractivity contribution in [3.05, 3.63) is 11.6 Å². The molecule has 1 heterocycles. The van der Waals surface area contributed by atoms with Crippen LogP contribution in [0, 0.1) is 0 Å². The van der Waals surface area contributed by atoms with Gasteiger partial charge in [-0.15, -0.1) is 0 Å². The third-order valence-electron chi connectivity index (χ3n) is 1.67. The highest BCUT2D eigenvalue weighted by Gasteiger charge is 2.05. The summed E-state index contributed by atoms with van der Waals surface area (Å²) in [6.45, 7) is 2.12. The minimum atomic E-state index is -0.522. The van der Waals surface area contributed by atoms with Gasteiger partial charge in [-0.05, 0) is 0 Å². The van der Waals surface area contributed by atoms with E-state index < -0.39 is 6.10 Å². The van der Waals surface area contributed by atoms with Gasteiger partial charge in [0, 0.05) is 31.8 Å². The number of rotatable bonds is 8. The molecule has 0 saturated carbocycles. The highest BCUT2D eigenvalue weighted by molar-refractivity contribution is 7.11. The van der Waals surface area contributed by atoms with Crippen molar-refractivity contribution in [2.24, 2.45) is 0 Å². The number of nitrogens with one attached hydrogen (secondary N) is 1. The Kier molecular flexibility index (Phi) is 6.26. The maximum Gasteiger partial charge on any atom is 0.273 e. The van der Waals surface area contributed by atoms with Gasteiger partial charge < -0.3 is 19.9 Å². The Morgan fingerprint density at radius 3 is 3.20 bits per heavy atom. The summed E-state index contributed by atoms with van der Waals surface area (Å²) in [6.07, 6.45) is 1.15. The molecule has 1 rings (SSSR count). The van der Waals surface area contributed by atoms with Crippen LogP contribution >= 0.6 is 11.3 Å². The van der Waals surface area contributed by atoms with Gasteiger partial charge in [0.15, 0.2) is 0 Å². The predicted molar refractivity (Wildman–Crippen MR) is 58.4 cm³/mol. The minimum absolute atomic E-state index is 0.257. The van der Waals surface area contributed by atoms with E-state index in [1.165, 1.54) is 11.3 Å². The highest BCUT2D eigenvalue weighted by atomic mass is 32.1. The summed E-state index contributed by atoms with van der Waals surface area (Å²) in [5, 5.41) is 15.0. The van der Waals surface area contributed by atoms with E-state index in [0.29, 0.717) is 18.3 Å². The van der Waals surface area contributed by atoms with Gasteiger partial charge in [0.1, 0.15) is 12.7 Å². The monoisotopic (exact) mass is 232 g/mol. The van der Waals surface area contributed by atoms with Crippen molar-refractivity contribution >= 4 is 11.3 Å². The average molecular weight is 232 g/mol. The van der Waals surface area contributed by atoms with E-state index >= 15 is 0 Å². The number of aliphatic hydroxyl groups is 1. The van der Waals surface area contributed by atoms with Crippen LogP contribution in [0.15, 0.2) is 11.6 Å². The molecule has 0 aliphatic heterocycles. The van der Waals surface area contributed by atoms with Crippen molar-refractivity contribution in [3.8, 4) is 5.19 Å². The van der Waals surface area contributed by atoms with Crippen LogP contribution in [0.1, 0.15) is 0 Å². The molecule has 1 aromatic heterocycles.